The van der Waals surface area contributed by atoms with Crippen LogP contribution in [0.2, 0.25) is 0 Å². The van der Waals surface area contributed by atoms with Crippen LogP contribution in [0.3, 0.4) is 0 Å². The van der Waals surface area contributed by atoms with Gasteiger partial charge >= 0.3 is 0 Å². The number of carbonyl (C=O) groups excluding carboxylic acids is 2. The van der Waals surface area contributed by atoms with Crippen LogP contribution >= 0.6 is 11.8 Å². The van der Waals surface area contributed by atoms with E-state index in [1.54, 1.807) is 16.7 Å². The summed E-state index contributed by atoms with van der Waals surface area (Å²) in [6.45, 7) is 5.17. The largest absolute Gasteiger partial charge is 0.354 e. The van der Waals surface area contributed by atoms with E-state index in [1.807, 2.05) is 67.6 Å². The molecule has 0 aliphatic rings. The molecule has 4 nitrogen and oxygen atoms in total. The number of benzene rings is 2. The van der Waals surface area contributed by atoms with Crippen molar-refractivity contribution < 1.29 is 9.59 Å². The number of rotatable bonds is 12. The lowest BCUT2D eigenvalue weighted by atomic mass is 10.1. The lowest BCUT2D eigenvalue weighted by molar-refractivity contribution is -0.141. The second-order valence-electron chi connectivity index (χ2n) is 6.99. The van der Waals surface area contributed by atoms with E-state index in [-0.39, 0.29) is 11.8 Å². The van der Waals surface area contributed by atoms with Crippen LogP contribution in [0.15, 0.2) is 65.6 Å². The monoisotopic (exact) mass is 412 g/mol. The van der Waals surface area contributed by atoms with Crippen LogP contribution in [-0.2, 0) is 16.1 Å². The van der Waals surface area contributed by atoms with Crippen molar-refractivity contribution in [2.75, 3.05) is 12.3 Å². The first-order valence-electron chi connectivity index (χ1n) is 10.4. The molecule has 0 bridgehead atoms. The van der Waals surface area contributed by atoms with Crippen molar-refractivity contribution in [2.45, 2.75) is 57.0 Å². The van der Waals surface area contributed by atoms with Gasteiger partial charge in [-0.25, -0.2) is 0 Å². The topological polar surface area (TPSA) is 49.4 Å². The summed E-state index contributed by atoms with van der Waals surface area (Å²) in [5.41, 5.74) is 1.04. The molecule has 0 aliphatic carbocycles. The molecule has 1 unspecified atom stereocenters. The van der Waals surface area contributed by atoms with E-state index >= 15 is 0 Å². The van der Waals surface area contributed by atoms with Gasteiger partial charge in [0.25, 0.3) is 0 Å². The molecule has 5 heteroatoms. The molecule has 156 valence electrons. The molecule has 1 atom stereocenters. The van der Waals surface area contributed by atoms with Crippen molar-refractivity contribution in [2.24, 2.45) is 0 Å². The van der Waals surface area contributed by atoms with Crippen LogP contribution in [0.1, 0.15) is 45.1 Å². The molecule has 2 aromatic rings. The van der Waals surface area contributed by atoms with Gasteiger partial charge in [-0.3, -0.25) is 9.59 Å². The van der Waals surface area contributed by atoms with Gasteiger partial charge in [-0.2, -0.15) is 0 Å². The zero-order valence-electron chi connectivity index (χ0n) is 17.5. The summed E-state index contributed by atoms with van der Waals surface area (Å²) in [5.74, 6) is 0.665. The maximum absolute atomic E-state index is 13.1. The number of thioether (sulfide) groups is 1. The van der Waals surface area contributed by atoms with Crippen LogP contribution in [0, 0.1) is 0 Å². The third-order valence-corrected chi connectivity index (χ3v) is 5.75. The summed E-state index contributed by atoms with van der Waals surface area (Å²) in [5, 5.41) is 3.00. The molecule has 0 aromatic heterocycles. The average molecular weight is 413 g/mol. The summed E-state index contributed by atoms with van der Waals surface area (Å²) < 4.78 is 0. The average Bonchev–Trinajstić information content (AvgIpc) is 2.75. The number of hydrogen-bond donors (Lipinski definition) is 1. The summed E-state index contributed by atoms with van der Waals surface area (Å²) >= 11 is 1.67. The minimum Gasteiger partial charge on any atom is -0.354 e. The Morgan fingerprint density at radius 2 is 1.66 bits per heavy atom. The Morgan fingerprint density at radius 3 is 2.28 bits per heavy atom. The highest BCUT2D eigenvalue weighted by molar-refractivity contribution is 7.99. The zero-order valence-corrected chi connectivity index (χ0v) is 18.3. The predicted octanol–water partition coefficient (Wildman–Crippen LogP) is 4.89. The van der Waals surface area contributed by atoms with Crippen molar-refractivity contribution >= 4 is 23.6 Å². The van der Waals surface area contributed by atoms with E-state index in [0.29, 0.717) is 31.7 Å². The quantitative estimate of drug-likeness (QED) is 0.399. The van der Waals surface area contributed by atoms with Crippen molar-refractivity contribution in [1.29, 1.82) is 0 Å². The molecule has 0 heterocycles. The molecule has 2 rings (SSSR count). The summed E-state index contributed by atoms with van der Waals surface area (Å²) in [6.07, 6.45) is 2.98. The normalized spacial score (nSPS) is 11.7. The smallest absolute Gasteiger partial charge is 0.242 e. The predicted molar refractivity (Wildman–Crippen MR) is 121 cm³/mol. The zero-order chi connectivity index (χ0) is 20.9. The van der Waals surface area contributed by atoms with Crippen LogP contribution in [-0.4, -0.2) is 35.1 Å². The lowest BCUT2D eigenvalue weighted by Crippen LogP contribution is -2.49. The molecule has 29 heavy (non-hydrogen) atoms. The maximum Gasteiger partial charge on any atom is 0.242 e. The SMILES string of the molecule is CCCCNC(=O)C(CC)N(Cc1ccccc1)C(=O)CCSc1ccccc1. The minimum absolute atomic E-state index is 0.0229. The fraction of sp³-hybridized carbons (Fsp3) is 0.417. The Balaban J connectivity index is 2.05. The van der Waals surface area contributed by atoms with Gasteiger partial charge < -0.3 is 10.2 Å². The Bertz CT molecular complexity index is 737. The molecule has 0 radical (unpaired) electrons. The van der Waals surface area contributed by atoms with Crippen LogP contribution < -0.4 is 5.32 Å². The van der Waals surface area contributed by atoms with E-state index in [4.69, 9.17) is 0 Å². The third kappa shape index (κ3) is 7.94. The van der Waals surface area contributed by atoms with Crippen LogP contribution in [0.25, 0.3) is 0 Å². The molecule has 1 N–H and O–H groups in total. The highest BCUT2D eigenvalue weighted by Crippen LogP contribution is 2.20. The summed E-state index contributed by atoms with van der Waals surface area (Å²) in [4.78, 5) is 28.8. The van der Waals surface area contributed by atoms with E-state index in [9.17, 15) is 9.59 Å². The molecule has 2 amide bonds. The highest BCUT2D eigenvalue weighted by atomic mass is 32.2. The van der Waals surface area contributed by atoms with E-state index in [2.05, 4.69) is 12.2 Å². The van der Waals surface area contributed by atoms with Gasteiger partial charge in [0.2, 0.25) is 11.8 Å². The summed E-state index contributed by atoms with van der Waals surface area (Å²) in [7, 11) is 0. The number of carbonyl (C=O) groups is 2. The van der Waals surface area contributed by atoms with Crippen molar-refractivity contribution in [3.63, 3.8) is 0 Å². The van der Waals surface area contributed by atoms with Gasteiger partial charge in [0.05, 0.1) is 0 Å². The molecule has 0 saturated carbocycles. The second kappa shape index (κ2) is 13.0. The number of nitrogens with zero attached hydrogens (tertiary/aromatic N) is 1. The van der Waals surface area contributed by atoms with Gasteiger partial charge in [0.15, 0.2) is 0 Å². The van der Waals surface area contributed by atoms with Gasteiger partial charge in [-0.05, 0) is 30.5 Å². The second-order valence-corrected chi connectivity index (χ2v) is 8.16. The van der Waals surface area contributed by atoms with Crippen LogP contribution in [0.4, 0.5) is 0 Å². The number of unbranched alkanes of at least 4 members (excludes halogenated alkanes) is 1. The minimum atomic E-state index is -0.443. The van der Waals surface area contributed by atoms with Crippen molar-refractivity contribution in [3.8, 4) is 0 Å². The fourth-order valence-electron chi connectivity index (χ4n) is 3.12. The third-order valence-electron chi connectivity index (χ3n) is 4.74. The van der Waals surface area contributed by atoms with E-state index in [1.165, 1.54) is 0 Å². The van der Waals surface area contributed by atoms with Gasteiger partial charge in [0, 0.05) is 30.2 Å². The van der Waals surface area contributed by atoms with Crippen molar-refractivity contribution in [1.82, 2.24) is 10.2 Å². The van der Waals surface area contributed by atoms with Crippen LogP contribution in [0.5, 0.6) is 0 Å². The van der Waals surface area contributed by atoms with E-state index < -0.39 is 6.04 Å². The van der Waals surface area contributed by atoms with E-state index in [0.717, 1.165) is 23.3 Å². The first-order chi connectivity index (χ1) is 14.2. The maximum atomic E-state index is 13.1. The molecule has 0 spiro atoms. The first-order valence-corrected chi connectivity index (χ1v) is 11.4. The van der Waals surface area contributed by atoms with Crippen molar-refractivity contribution in [3.05, 3.63) is 66.2 Å². The fourth-order valence-corrected chi connectivity index (χ4v) is 3.98. The first kappa shape index (κ1) is 23.0. The number of hydrogen-bond acceptors (Lipinski definition) is 3. The summed E-state index contributed by atoms with van der Waals surface area (Å²) in [6, 6.07) is 19.5. The highest BCUT2D eigenvalue weighted by Gasteiger charge is 2.28. The number of nitrogens with one attached hydrogen (secondary N) is 1. The number of amides is 2. The molecular formula is C24H32N2O2S. The Labute approximate surface area is 179 Å². The molecule has 0 saturated heterocycles. The lowest BCUT2D eigenvalue weighted by Gasteiger charge is -2.30. The standard InChI is InChI=1S/C24H32N2O2S/c1-3-5-17-25-24(28)22(4-2)26(19-20-12-8-6-9-13-20)23(27)16-18-29-21-14-10-7-11-15-21/h6-15,22H,3-5,16-19H2,1-2H3,(H,25,28). The van der Waals surface area contributed by atoms with Gasteiger partial charge in [-0.15, -0.1) is 11.8 Å². The Morgan fingerprint density at radius 1 is 1.00 bits per heavy atom. The Hall–Kier alpha value is -2.27. The van der Waals surface area contributed by atoms with Gasteiger partial charge in [0.1, 0.15) is 6.04 Å². The molecule has 0 fully saturated rings. The Kier molecular flexibility index (Phi) is 10.4. The molecule has 2 aromatic carbocycles. The van der Waals surface area contributed by atoms with Gasteiger partial charge in [-0.1, -0.05) is 68.8 Å². The molecule has 0 aliphatic heterocycles. The molecular weight excluding hydrogens is 380 g/mol.